The SMILES string of the molecule is CCN(CC)C(=O)c1ccc(C(=C2CC3CCC(C2)N3C)c2cccc(OC)c2)cc1. The van der Waals surface area contributed by atoms with Crippen LogP contribution >= 0.6 is 0 Å². The smallest absolute Gasteiger partial charge is 0.253 e. The summed E-state index contributed by atoms with van der Waals surface area (Å²) >= 11 is 0. The zero-order chi connectivity index (χ0) is 22.0. The summed E-state index contributed by atoms with van der Waals surface area (Å²) in [5, 5.41) is 0. The van der Waals surface area contributed by atoms with E-state index >= 15 is 0 Å². The lowest BCUT2D eigenvalue weighted by Crippen LogP contribution is -2.37. The predicted molar refractivity (Wildman–Crippen MR) is 127 cm³/mol. The fourth-order valence-corrected chi connectivity index (χ4v) is 5.26. The van der Waals surface area contributed by atoms with Crippen LogP contribution in [-0.4, -0.2) is 55.0 Å². The molecule has 2 atom stereocenters. The first-order valence-corrected chi connectivity index (χ1v) is 11.5. The van der Waals surface area contributed by atoms with Gasteiger partial charge in [0.2, 0.25) is 0 Å². The normalized spacial score (nSPS) is 20.6. The number of amides is 1. The third-order valence-electron chi connectivity index (χ3n) is 7.13. The second kappa shape index (κ2) is 9.27. The Bertz CT molecular complexity index is 943. The average molecular weight is 419 g/mol. The van der Waals surface area contributed by atoms with Gasteiger partial charge in [-0.2, -0.15) is 0 Å². The van der Waals surface area contributed by atoms with Crippen LogP contribution in [0.2, 0.25) is 0 Å². The molecule has 0 aromatic heterocycles. The number of fused-ring (bicyclic) bond motifs is 2. The molecule has 0 spiro atoms. The summed E-state index contributed by atoms with van der Waals surface area (Å²) in [6.07, 6.45) is 4.79. The number of hydrogen-bond acceptors (Lipinski definition) is 3. The maximum Gasteiger partial charge on any atom is 0.253 e. The highest BCUT2D eigenvalue weighted by Gasteiger charge is 2.37. The fourth-order valence-electron chi connectivity index (χ4n) is 5.26. The molecule has 2 aliphatic heterocycles. The molecular weight excluding hydrogens is 384 g/mol. The Hall–Kier alpha value is -2.59. The van der Waals surface area contributed by atoms with Crippen molar-refractivity contribution in [3.8, 4) is 5.75 Å². The highest BCUT2D eigenvalue weighted by Crippen LogP contribution is 2.42. The van der Waals surface area contributed by atoms with Gasteiger partial charge in [-0.25, -0.2) is 0 Å². The van der Waals surface area contributed by atoms with Gasteiger partial charge in [0, 0.05) is 30.7 Å². The van der Waals surface area contributed by atoms with Gasteiger partial charge in [0.25, 0.3) is 5.91 Å². The van der Waals surface area contributed by atoms with E-state index in [1.54, 1.807) is 7.11 Å². The molecule has 4 rings (SSSR count). The summed E-state index contributed by atoms with van der Waals surface area (Å²) in [6.45, 7) is 5.50. The van der Waals surface area contributed by atoms with Crippen molar-refractivity contribution >= 4 is 11.5 Å². The molecule has 31 heavy (non-hydrogen) atoms. The van der Waals surface area contributed by atoms with Gasteiger partial charge in [-0.1, -0.05) is 29.8 Å². The van der Waals surface area contributed by atoms with Crippen LogP contribution in [0.4, 0.5) is 0 Å². The van der Waals surface area contributed by atoms with Gasteiger partial charge >= 0.3 is 0 Å². The monoisotopic (exact) mass is 418 g/mol. The molecule has 4 heteroatoms. The van der Waals surface area contributed by atoms with Gasteiger partial charge in [0.15, 0.2) is 0 Å². The molecule has 0 radical (unpaired) electrons. The van der Waals surface area contributed by atoms with Crippen molar-refractivity contribution in [2.24, 2.45) is 0 Å². The minimum Gasteiger partial charge on any atom is -0.497 e. The molecule has 2 unspecified atom stereocenters. The Morgan fingerprint density at radius 3 is 2.16 bits per heavy atom. The van der Waals surface area contributed by atoms with E-state index in [-0.39, 0.29) is 5.91 Å². The van der Waals surface area contributed by atoms with Crippen molar-refractivity contribution in [3.63, 3.8) is 0 Å². The van der Waals surface area contributed by atoms with Crippen LogP contribution in [0, 0.1) is 0 Å². The first-order chi connectivity index (χ1) is 15.0. The highest BCUT2D eigenvalue weighted by atomic mass is 16.5. The molecule has 0 saturated carbocycles. The van der Waals surface area contributed by atoms with Crippen molar-refractivity contribution in [2.75, 3.05) is 27.2 Å². The van der Waals surface area contributed by atoms with Crippen LogP contribution in [0.3, 0.4) is 0 Å². The molecule has 2 bridgehead atoms. The first-order valence-electron chi connectivity index (χ1n) is 11.5. The van der Waals surface area contributed by atoms with Crippen LogP contribution < -0.4 is 4.74 Å². The van der Waals surface area contributed by atoms with Crippen LogP contribution in [0.5, 0.6) is 5.75 Å². The summed E-state index contributed by atoms with van der Waals surface area (Å²) in [5.41, 5.74) is 5.97. The van der Waals surface area contributed by atoms with Crippen molar-refractivity contribution in [1.29, 1.82) is 0 Å². The third-order valence-corrected chi connectivity index (χ3v) is 7.13. The number of piperidine rings is 1. The van der Waals surface area contributed by atoms with Crippen molar-refractivity contribution in [2.45, 2.75) is 51.6 Å². The van der Waals surface area contributed by atoms with Gasteiger partial charge in [0.1, 0.15) is 5.75 Å². The zero-order valence-corrected chi connectivity index (χ0v) is 19.2. The second-order valence-electron chi connectivity index (χ2n) is 8.72. The van der Waals surface area contributed by atoms with Crippen LogP contribution in [0.25, 0.3) is 5.57 Å². The number of methoxy groups -OCH3 is 1. The summed E-state index contributed by atoms with van der Waals surface area (Å²) in [7, 11) is 3.99. The van der Waals surface area contributed by atoms with E-state index in [2.05, 4.69) is 42.3 Å². The van der Waals surface area contributed by atoms with Gasteiger partial charge < -0.3 is 9.64 Å². The molecule has 0 N–H and O–H groups in total. The van der Waals surface area contributed by atoms with E-state index in [1.165, 1.54) is 35.1 Å². The van der Waals surface area contributed by atoms with Gasteiger partial charge in [-0.3, -0.25) is 9.69 Å². The lowest BCUT2D eigenvalue weighted by molar-refractivity contribution is 0.0773. The summed E-state index contributed by atoms with van der Waals surface area (Å²) in [4.78, 5) is 17.2. The van der Waals surface area contributed by atoms with Crippen molar-refractivity contribution in [3.05, 3.63) is 70.8 Å². The maximum absolute atomic E-state index is 12.8. The summed E-state index contributed by atoms with van der Waals surface area (Å²) < 4.78 is 5.52. The Labute approximate surface area is 186 Å². The van der Waals surface area contributed by atoms with E-state index in [1.807, 2.05) is 36.9 Å². The zero-order valence-electron chi connectivity index (χ0n) is 19.2. The molecule has 2 aromatic carbocycles. The van der Waals surface area contributed by atoms with Gasteiger partial charge in [-0.15, -0.1) is 0 Å². The number of ether oxygens (including phenoxy) is 1. The average Bonchev–Trinajstić information content (AvgIpc) is 3.00. The van der Waals surface area contributed by atoms with E-state index in [9.17, 15) is 4.79 Å². The van der Waals surface area contributed by atoms with Crippen LogP contribution in [0.15, 0.2) is 54.1 Å². The van der Waals surface area contributed by atoms with Crippen LogP contribution in [-0.2, 0) is 0 Å². The molecular formula is C27H34N2O2. The van der Waals surface area contributed by atoms with Crippen molar-refractivity contribution < 1.29 is 9.53 Å². The highest BCUT2D eigenvalue weighted by molar-refractivity contribution is 5.95. The molecule has 2 heterocycles. The number of carbonyl (C=O) groups excluding carboxylic acids is 1. The lowest BCUT2D eigenvalue weighted by Gasteiger charge is -2.34. The summed E-state index contributed by atoms with van der Waals surface area (Å²) in [6, 6.07) is 17.9. The van der Waals surface area contributed by atoms with Gasteiger partial charge in [0.05, 0.1) is 7.11 Å². The Morgan fingerprint density at radius 1 is 0.968 bits per heavy atom. The number of carbonyl (C=O) groups is 1. The molecule has 1 amide bonds. The number of benzene rings is 2. The van der Waals surface area contributed by atoms with Crippen LogP contribution in [0.1, 0.15) is 61.0 Å². The van der Waals surface area contributed by atoms with E-state index in [4.69, 9.17) is 4.74 Å². The Kier molecular flexibility index (Phi) is 6.47. The number of rotatable bonds is 6. The molecule has 0 aliphatic carbocycles. The molecule has 4 nitrogen and oxygen atoms in total. The topological polar surface area (TPSA) is 32.8 Å². The standard InChI is InChI=1S/C27H34N2O2/c1-5-29(6-2)27(30)20-12-10-19(11-13-20)26(21-8-7-9-25(18-21)31-4)22-16-23-14-15-24(17-22)28(23)3/h7-13,18,23-24H,5-6,14-17H2,1-4H3. The Morgan fingerprint density at radius 2 is 1.58 bits per heavy atom. The predicted octanol–water partition coefficient (Wildman–Crippen LogP) is 5.24. The molecule has 2 aliphatic rings. The maximum atomic E-state index is 12.8. The third kappa shape index (κ3) is 4.27. The minimum absolute atomic E-state index is 0.101. The number of nitrogens with zero attached hydrogens (tertiary/aromatic N) is 2. The lowest BCUT2D eigenvalue weighted by atomic mass is 9.85. The minimum atomic E-state index is 0.101. The fraction of sp³-hybridized carbons (Fsp3) is 0.444. The largest absolute Gasteiger partial charge is 0.497 e. The first kappa shape index (κ1) is 21.6. The van der Waals surface area contributed by atoms with E-state index < -0.39 is 0 Å². The van der Waals surface area contributed by atoms with E-state index in [0.717, 1.165) is 37.2 Å². The number of hydrogen-bond donors (Lipinski definition) is 0. The molecule has 2 saturated heterocycles. The Balaban J connectivity index is 1.75. The quantitative estimate of drug-likeness (QED) is 0.643. The van der Waals surface area contributed by atoms with E-state index in [0.29, 0.717) is 12.1 Å². The van der Waals surface area contributed by atoms with Crippen molar-refractivity contribution in [1.82, 2.24) is 9.80 Å². The molecule has 2 fully saturated rings. The molecule has 164 valence electrons. The summed E-state index contributed by atoms with van der Waals surface area (Å²) in [5.74, 6) is 0.976. The molecule has 2 aromatic rings. The second-order valence-corrected chi connectivity index (χ2v) is 8.72. The van der Waals surface area contributed by atoms with Gasteiger partial charge in [-0.05, 0) is 87.5 Å².